The van der Waals surface area contributed by atoms with E-state index in [0.717, 1.165) is 0 Å². The number of hydrogen-bond donors (Lipinski definition) is 0. The Morgan fingerprint density at radius 1 is 1.09 bits per heavy atom. The van der Waals surface area contributed by atoms with E-state index in [4.69, 9.17) is 23.2 Å². The van der Waals surface area contributed by atoms with Crippen LogP contribution in [0.2, 0.25) is 10.0 Å². The Hall–Kier alpha value is -1.66. The molecule has 35 heavy (non-hydrogen) atoms. The van der Waals surface area contributed by atoms with Crippen LogP contribution in [-0.4, -0.2) is 76.0 Å². The zero-order chi connectivity index (χ0) is 25.4. The van der Waals surface area contributed by atoms with Gasteiger partial charge in [0.1, 0.15) is 0 Å². The molecule has 0 unspecified atom stereocenters. The molecule has 13 heteroatoms. The first-order valence-corrected chi connectivity index (χ1v) is 13.6. The molecule has 1 aromatic carbocycles. The number of sulfonamides is 1. The van der Waals surface area contributed by atoms with Crippen molar-refractivity contribution in [3.05, 3.63) is 40.0 Å². The summed E-state index contributed by atoms with van der Waals surface area (Å²) in [5, 5.41) is 7.98. The molecule has 192 valence electrons. The van der Waals surface area contributed by atoms with Crippen molar-refractivity contribution in [2.24, 2.45) is 7.05 Å². The highest BCUT2D eigenvalue weighted by atomic mass is 35.5. The molecule has 2 heterocycles. The Balaban J connectivity index is 1.47. The summed E-state index contributed by atoms with van der Waals surface area (Å²) >= 11 is 12.1. The van der Waals surface area contributed by atoms with E-state index in [1.807, 2.05) is 0 Å². The second kappa shape index (κ2) is 10.0. The number of alkyl halides is 2. The van der Waals surface area contributed by atoms with Crippen LogP contribution in [0, 0.1) is 0 Å². The molecular formula is C22H27Cl2F2N5O3S. The van der Waals surface area contributed by atoms with Crippen LogP contribution < -0.4 is 0 Å². The van der Waals surface area contributed by atoms with E-state index >= 15 is 0 Å². The third kappa shape index (κ3) is 5.69. The number of benzene rings is 1. The van der Waals surface area contributed by atoms with Gasteiger partial charge in [0, 0.05) is 68.6 Å². The lowest BCUT2D eigenvalue weighted by molar-refractivity contribution is -0.0891. The fraction of sp³-hybridized carbons (Fsp3) is 0.591. The number of ketones is 1. The van der Waals surface area contributed by atoms with Crippen LogP contribution in [0.5, 0.6) is 0 Å². The van der Waals surface area contributed by atoms with E-state index in [0.29, 0.717) is 30.1 Å². The molecule has 8 nitrogen and oxygen atoms in total. The van der Waals surface area contributed by atoms with Gasteiger partial charge < -0.3 is 0 Å². The standard InChI is InChI=1S/C22H27Cl2F2N5O3S/c1-29-15-20(27-28-29)35(33,34)31-12-10-30(11-13-31)21(6-8-22(25,26)9-7-21)5-4-19(32)17-3-2-16(23)14-18(17)24/h2-3,14-15H,4-13H2,1H3. The van der Waals surface area contributed by atoms with Crippen molar-refractivity contribution in [2.45, 2.75) is 55.0 Å². The molecule has 1 aliphatic carbocycles. The number of piperazine rings is 1. The van der Waals surface area contributed by atoms with Crippen molar-refractivity contribution >= 4 is 39.0 Å². The summed E-state index contributed by atoms with van der Waals surface area (Å²) in [5.41, 5.74) is -0.259. The zero-order valence-corrected chi connectivity index (χ0v) is 21.6. The number of Topliss-reactive ketones (excluding diaryl/α,β-unsaturated/α-hetero) is 1. The second-order valence-electron chi connectivity index (χ2n) is 9.25. The molecular weight excluding hydrogens is 523 g/mol. The molecule has 4 rings (SSSR count). The Labute approximate surface area is 213 Å². The van der Waals surface area contributed by atoms with E-state index in [-0.39, 0.29) is 61.0 Å². The lowest BCUT2D eigenvalue weighted by Crippen LogP contribution is -2.59. The number of aromatic nitrogens is 3. The highest BCUT2D eigenvalue weighted by Crippen LogP contribution is 2.44. The van der Waals surface area contributed by atoms with Crippen molar-refractivity contribution in [1.82, 2.24) is 24.2 Å². The lowest BCUT2D eigenvalue weighted by Gasteiger charge is -2.50. The Kier molecular flexibility index (Phi) is 7.55. The first kappa shape index (κ1) is 26.4. The second-order valence-corrected chi connectivity index (χ2v) is 12.0. The van der Waals surface area contributed by atoms with Crippen LogP contribution in [-0.2, 0) is 17.1 Å². The first-order valence-electron chi connectivity index (χ1n) is 11.4. The molecule has 2 fully saturated rings. The molecule has 2 aromatic rings. The Morgan fingerprint density at radius 2 is 1.74 bits per heavy atom. The highest BCUT2D eigenvalue weighted by Gasteiger charge is 2.47. The van der Waals surface area contributed by atoms with Crippen LogP contribution >= 0.6 is 23.2 Å². The summed E-state index contributed by atoms with van der Waals surface area (Å²) in [6, 6.07) is 4.67. The monoisotopic (exact) mass is 549 g/mol. The molecule has 0 bridgehead atoms. The molecule has 2 aliphatic rings. The molecule has 1 saturated heterocycles. The topological polar surface area (TPSA) is 88.4 Å². The van der Waals surface area contributed by atoms with Gasteiger partial charge in [0.2, 0.25) is 10.9 Å². The van der Waals surface area contributed by atoms with Crippen molar-refractivity contribution in [1.29, 1.82) is 0 Å². The van der Waals surface area contributed by atoms with E-state index in [9.17, 15) is 22.0 Å². The molecule has 0 amide bonds. The van der Waals surface area contributed by atoms with Crippen molar-refractivity contribution < 1.29 is 22.0 Å². The molecule has 1 aliphatic heterocycles. The van der Waals surface area contributed by atoms with Crippen molar-refractivity contribution in [2.75, 3.05) is 26.2 Å². The van der Waals surface area contributed by atoms with Crippen LogP contribution in [0.15, 0.2) is 29.4 Å². The van der Waals surface area contributed by atoms with Gasteiger partial charge in [-0.2, -0.15) is 4.31 Å². The number of halogens is 4. The van der Waals surface area contributed by atoms with Gasteiger partial charge in [-0.15, -0.1) is 5.10 Å². The fourth-order valence-corrected chi connectivity index (χ4v) is 6.83. The van der Waals surface area contributed by atoms with Gasteiger partial charge in [0.15, 0.2) is 5.78 Å². The predicted molar refractivity (Wildman–Crippen MR) is 128 cm³/mol. The molecule has 0 spiro atoms. The van der Waals surface area contributed by atoms with Crippen LogP contribution in [0.25, 0.3) is 0 Å². The minimum atomic E-state index is -3.79. The van der Waals surface area contributed by atoms with Crippen LogP contribution in [0.3, 0.4) is 0 Å². The van der Waals surface area contributed by atoms with E-state index in [1.54, 1.807) is 19.2 Å². The number of hydrogen-bond acceptors (Lipinski definition) is 6. The maximum Gasteiger partial charge on any atom is 0.264 e. The number of rotatable bonds is 7. The van der Waals surface area contributed by atoms with E-state index in [1.165, 1.54) is 21.3 Å². The number of carbonyl (C=O) groups excluding carboxylic acids is 1. The van der Waals surface area contributed by atoms with Gasteiger partial charge in [-0.25, -0.2) is 17.2 Å². The summed E-state index contributed by atoms with van der Waals surface area (Å²) in [5.74, 6) is -2.91. The fourth-order valence-electron chi connectivity index (χ4n) is 4.98. The minimum Gasteiger partial charge on any atom is -0.295 e. The molecule has 1 aromatic heterocycles. The average molecular weight is 550 g/mol. The molecule has 0 radical (unpaired) electrons. The zero-order valence-electron chi connectivity index (χ0n) is 19.3. The SMILES string of the molecule is Cn1cc(S(=O)(=O)N2CCN(C3(CCC(=O)c4ccc(Cl)cc4Cl)CCC(F)(F)CC3)CC2)nn1. The predicted octanol–water partition coefficient (Wildman–Crippen LogP) is 4.04. The summed E-state index contributed by atoms with van der Waals surface area (Å²) < 4.78 is 56.6. The largest absolute Gasteiger partial charge is 0.295 e. The number of nitrogens with zero attached hydrogens (tertiary/aromatic N) is 5. The van der Waals surface area contributed by atoms with E-state index in [2.05, 4.69) is 15.2 Å². The van der Waals surface area contributed by atoms with Gasteiger partial charge >= 0.3 is 0 Å². The molecule has 0 atom stereocenters. The minimum absolute atomic E-state index is 0.120. The van der Waals surface area contributed by atoms with Crippen molar-refractivity contribution in [3.63, 3.8) is 0 Å². The quantitative estimate of drug-likeness (QED) is 0.484. The normalized spacial score (nSPS) is 21.2. The number of aryl methyl sites for hydroxylation is 1. The lowest BCUT2D eigenvalue weighted by atomic mass is 9.74. The van der Waals surface area contributed by atoms with Gasteiger partial charge in [0.25, 0.3) is 10.0 Å². The first-order chi connectivity index (χ1) is 16.4. The Morgan fingerprint density at radius 3 is 2.31 bits per heavy atom. The number of carbonyl (C=O) groups is 1. The summed E-state index contributed by atoms with van der Waals surface area (Å²) in [6.07, 6.45) is 1.82. The van der Waals surface area contributed by atoms with E-state index < -0.39 is 21.5 Å². The average Bonchev–Trinajstić information content (AvgIpc) is 3.26. The third-order valence-electron chi connectivity index (χ3n) is 7.06. The maximum absolute atomic E-state index is 14.1. The third-order valence-corrected chi connectivity index (χ3v) is 9.36. The van der Waals surface area contributed by atoms with Crippen LogP contribution in [0.1, 0.15) is 48.9 Å². The highest BCUT2D eigenvalue weighted by molar-refractivity contribution is 7.89. The van der Waals surface area contributed by atoms with Gasteiger partial charge in [-0.3, -0.25) is 14.4 Å². The summed E-state index contributed by atoms with van der Waals surface area (Å²) in [4.78, 5) is 15.0. The molecule has 1 saturated carbocycles. The Bertz CT molecular complexity index is 1190. The van der Waals surface area contributed by atoms with Gasteiger partial charge in [0.05, 0.1) is 11.2 Å². The van der Waals surface area contributed by atoms with Gasteiger partial charge in [-0.1, -0.05) is 28.4 Å². The van der Waals surface area contributed by atoms with Gasteiger partial charge in [-0.05, 0) is 37.5 Å². The molecule has 0 N–H and O–H groups in total. The summed E-state index contributed by atoms with van der Waals surface area (Å²) in [6.45, 7) is 1.16. The summed E-state index contributed by atoms with van der Waals surface area (Å²) in [7, 11) is -2.20. The van der Waals surface area contributed by atoms with Crippen LogP contribution in [0.4, 0.5) is 8.78 Å². The van der Waals surface area contributed by atoms with Crippen molar-refractivity contribution in [3.8, 4) is 0 Å². The maximum atomic E-state index is 14.1. The smallest absolute Gasteiger partial charge is 0.264 e.